The highest BCUT2D eigenvalue weighted by Crippen LogP contribution is 2.37. The first kappa shape index (κ1) is 11.8. The number of hydrogen-bond donors (Lipinski definition) is 1. The maximum absolute atomic E-state index is 11.6. The lowest BCUT2D eigenvalue weighted by Gasteiger charge is -2.12. The SMILES string of the molecule is Cc1sc(N2C(=O)CCC2=O)c(C(=O)O)c1C. The molecule has 0 aromatic carbocycles. The van der Waals surface area contributed by atoms with E-state index >= 15 is 0 Å². The highest BCUT2D eigenvalue weighted by molar-refractivity contribution is 7.17. The number of nitrogens with zero attached hydrogens (tertiary/aromatic N) is 1. The van der Waals surface area contributed by atoms with Crippen LogP contribution in [-0.4, -0.2) is 22.9 Å². The topological polar surface area (TPSA) is 74.7 Å². The fourth-order valence-electron chi connectivity index (χ4n) is 1.82. The van der Waals surface area contributed by atoms with Crippen molar-refractivity contribution in [2.45, 2.75) is 26.7 Å². The van der Waals surface area contributed by atoms with Gasteiger partial charge in [-0.15, -0.1) is 11.3 Å². The van der Waals surface area contributed by atoms with Crippen molar-refractivity contribution in [2.24, 2.45) is 0 Å². The van der Waals surface area contributed by atoms with Crippen LogP contribution in [0.5, 0.6) is 0 Å². The Kier molecular flexibility index (Phi) is 2.74. The Morgan fingerprint density at radius 3 is 2.24 bits per heavy atom. The Bertz CT molecular complexity index is 516. The van der Waals surface area contributed by atoms with Crippen molar-refractivity contribution >= 4 is 34.1 Å². The van der Waals surface area contributed by atoms with Crippen LogP contribution >= 0.6 is 11.3 Å². The monoisotopic (exact) mass is 253 g/mol. The van der Waals surface area contributed by atoms with E-state index in [0.29, 0.717) is 5.56 Å². The summed E-state index contributed by atoms with van der Waals surface area (Å²) in [7, 11) is 0. The van der Waals surface area contributed by atoms with Crippen LogP contribution in [0.15, 0.2) is 0 Å². The van der Waals surface area contributed by atoms with E-state index < -0.39 is 5.97 Å². The molecule has 0 unspecified atom stereocenters. The molecule has 1 N–H and O–H groups in total. The first-order valence-corrected chi connectivity index (χ1v) is 5.94. The van der Waals surface area contributed by atoms with Gasteiger partial charge in [-0.3, -0.25) is 9.59 Å². The summed E-state index contributed by atoms with van der Waals surface area (Å²) in [5.41, 5.74) is 0.682. The van der Waals surface area contributed by atoms with Gasteiger partial charge in [-0.1, -0.05) is 0 Å². The average Bonchev–Trinajstić information content (AvgIpc) is 2.69. The Labute approximate surface area is 102 Å². The van der Waals surface area contributed by atoms with Gasteiger partial charge in [0.15, 0.2) is 0 Å². The molecule has 1 saturated heterocycles. The molecule has 5 nitrogen and oxygen atoms in total. The third kappa shape index (κ3) is 1.74. The minimum Gasteiger partial charge on any atom is -0.478 e. The van der Waals surface area contributed by atoms with E-state index in [1.54, 1.807) is 13.8 Å². The summed E-state index contributed by atoms with van der Waals surface area (Å²) < 4.78 is 0. The number of anilines is 1. The van der Waals surface area contributed by atoms with Crippen LogP contribution in [0.1, 0.15) is 33.6 Å². The van der Waals surface area contributed by atoms with Gasteiger partial charge in [0.2, 0.25) is 11.8 Å². The molecule has 2 rings (SSSR count). The van der Waals surface area contributed by atoms with Crippen LogP contribution in [0.4, 0.5) is 5.00 Å². The van der Waals surface area contributed by atoms with Crippen LogP contribution < -0.4 is 4.90 Å². The van der Waals surface area contributed by atoms with Gasteiger partial charge >= 0.3 is 5.97 Å². The highest BCUT2D eigenvalue weighted by atomic mass is 32.1. The van der Waals surface area contributed by atoms with Crippen molar-refractivity contribution in [3.63, 3.8) is 0 Å². The number of hydrogen-bond acceptors (Lipinski definition) is 4. The lowest BCUT2D eigenvalue weighted by atomic mass is 10.1. The third-order valence-corrected chi connectivity index (χ3v) is 4.03. The quantitative estimate of drug-likeness (QED) is 0.814. The van der Waals surface area contributed by atoms with Gasteiger partial charge in [-0.05, 0) is 19.4 Å². The van der Waals surface area contributed by atoms with E-state index in [9.17, 15) is 14.4 Å². The summed E-state index contributed by atoms with van der Waals surface area (Å²) in [5, 5.41) is 9.40. The van der Waals surface area contributed by atoms with Crippen molar-refractivity contribution in [3.8, 4) is 0 Å². The van der Waals surface area contributed by atoms with E-state index in [1.165, 1.54) is 11.3 Å². The zero-order valence-electron chi connectivity index (χ0n) is 9.44. The molecule has 1 aromatic heterocycles. The number of aromatic carboxylic acids is 1. The number of amides is 2. The molecule has 90 valence electrons. The Morgan fingerprint density at radius 2 is 1.76 bits per heavy atom. The molecule has 1 aliphatic heterocycles. The van der Waals surface area contributed by atoms with Gasteiger partial charge in [0.25, 0.3) is 0 Å². The van der Waals surface area contributed by atoms with Crippen LogP contribution in [0.25, 0.3) is 0 Å². The largest absolute Gasteiger partial charge is 0.478 e. The number of carbonyl (C=O) groups is 3. The summed E-state index contributed by atoms with van der Waals surface area (Å²) in [6, 6.07) is 0. The molecular weight excluding hydrogens is 242 g/mol. The average molecular weight is 253 g/mol. The third-order valence-electron chi connectivity index (χ3n) is 2.84. The number of rotatable bonds is 2. The van der Waals surface area contributed by atoms with Gasteiger partial charge in [0.1, 0.15) is 5.00 Å². The van der Waals surface area contributed by atoms with Crippen molar-refractivity contribution < 1.29 is 19.5 Å². The number of carboxylic acids is 1. The lowest BCUT2D eigenvalue weighted by Crippen LogP contribution is -2.29. The lowest BCUT2D eigenvalue weighted by molar-refractivity contribution is -0.121. The van der Waals surface area contributed by atoms with E-state index in [4.69, 9.17) is 5.11 Å². The second-order valence-electron chi connectivity index (χ2n) is 3.89. The molecule has 0 atom stereocenters. The number of thiophene rings is 1. The summed E-state index contributed by atoms with van der Waals surface area (Å²) >= 11 is 1.18. The minimum absolute atomic E-state index is 0.0658. The molecule has 1 aromatic rings. The van der Waals surface area contributed by atoms with E-state index in [-0.39, 0.29) is 35.2 Å². The van der Waals surface area contributed by atoms with E-state index in [0.717, 1.165) is 9.78 Å². The minimum atomic E-state index is -1.10. The summed E-state index contributed by atoms with van der Waals surface area (Å²) in [5.74, 6) is -1.74. The van der Waals surface area contributed by atoms with Crippen molar-refractivity contribution in [1.82, 2.24) is 0 Å². The number of carbonyl (C=O) groups excluding carboxylic acids is 2. The van der Waals surface area contributed by atoms with Crippen LogP contribution in [0, 0.1) is 13.8 Å². The first-order chi connectivity index (χ1) is 7.93. The molecule has 1 aliphatic rings. The summed E-state index contributed by atoms with van der Waals surface area (Å²) in [6.07, 6.45) is 0.321. The molecule has 0 radical (unpaired) electrons. The Morgan fingerprint density at radius 1 is 1.24 bits per heavy atom. The van der Waals surface area contributed by atoms with Gasteiger partial charge < -0.3 is 5.11 Å². The molecule has 6 heteroatoms. The van der Waals surface area contributed by atoms with Gasteiger partial charge in [-0.2, -0.15) is 0 Å². The Balaban J connectivity index is 2.59. The summed E-state index contributed by atoms with van der Waals surface area (Å²) in [4.78, 5) is 36.2. The van der Waals surface area contributed by atoms with Gasteiger partial charge in [-0.25, -0.2) is 9.69 Å². The normalized spacial score (nSPS) is 15.8. The van der Waals surface area contributed by atoms with Crippen LogP contribution in [0.3, 0.4) is 0 Å². The first-order valence-electron chi connectivity index (χ1n) is 5.12. The van der Waals surface area contributed by atoms with Crippen molar-refractivity contribution in [1.29, 1.82) is 0 Å². The van der Waals surface area contributed by atoms with Crippen molar-refractivity contribution in [3.05, 3.63) is 16.0 Å². The Hall–Kier alpha value is -1.69. The maximum atomic E-state index is 11.6. The second-order valence-corrected chi connectivity index (χ2v) is 5.09. The molecule has 17 heavy (non-hydrogen) atoms. The predicted octanol–water partition coefficient (Wildman–Crippen LogP) is 1.72. The van der Waals surface area contributed by atoms with Gasteiger partial charge in [0.05, 0.1) is 5.56 Å². The van der Waals surface area contributed by atoms with E-state index in [1.807, 2.05) is 0 Å². The molecule has 0 aliphatic carbocycles. The zero-order chi connectivity index (χ0) is 12.7. The fourth-order valence-corrected chi connectivity index (χ4v) is 3.00. The molecule has 0 spiro atoms. The van der Waals surface area contributed by atoms with Crippen molar-refractivity contribution in [2.75, 3.05) is 4.90 Å². The fraction of sp³-hybridized carbons (Fsp3) is 0.364. The highest BCUT2D eigenvalue weighted by Gasteiger charge is 2.35. The number of imide groups is 1. The standard InChI is InChI=1S/C11H11NO4S/c1-5-6(2)17-10(9(5)11(15)16)12-7(13)3-4-8(12)14/h3-4H2,1-2H3,(H,15,16). The predicted molar refractivity (Wildman–Crippen MR) is 62.5 cm³/mol. The molecule has 1 fully saturated rings. The molecular formula is C11H11NO4S. The van der Waals surface area contributed by atoms with Crippen LogP contribution in [-0.2, 0) is 9.59 Å². The zero-order valence-corrected chi connectivity index (χ0v) is 10.3. The molecule has 0 saturated carbocycles. The van der Waals surface area contributed by atoms with Crippen LogP contribution in [0.2, 0.25) is 0 Å². The maximum Gasteiger partial charge on any atom is 0.339 e. The second kappa shape index (κ2) is 3.96. The smallest absolute Gasteiger partial charge is 0.339 e. The van der Waals surface area contributed by atoms with E-state index in [2.05, 4.69) is 0 Å². The number of aryl methyl sites for hydroxylation is 1. The molecule has 0 bridgehead atoms. The molecule has 2 heterocycles. The molecule has 2 amide bonds. The number of carboxylic acid groups (broad SMARTS) is 1. The van der Waals surface area contributed by atoms with Gasteiger partial charge in [0, 0.05) is 17.7 Å². The summed E-state index contributed by atoms with van der Waals surface area (Å²) in [6.45, 7) is 3.46.